The Bertz CT molecular complexity index is 461. The van der Waals surface area contributed by atoms with Gasteiger partial charge in [0.15, 0.2) is 6.10 Å². The van der Waals surface area contributed by atoms with Crippen LogP contribution in [0.4, 0.5) is 0 Å². The van der Waals surface area contributed by atoms with Gasteiger partial charge in [-0.1, -0.05) is 11.6 Å². The summed E-state index contributed by atoms with van der Waals surface area (Å²) in [7, 11) is 0. The minimum Gasteiger partial charge on any atom is -0.481 e. The van der Waals surface area contributed by atoms with Crippen molar-refractivity contribution in [3.05, 3.63) is 29.3 Å². The Kier molecular flexibility index (Phi) is 6.96. The number of carbonyl (C=O) groups excluding carboxylic acids is 1. The van der Waals surface area contributed by atoms with Crippen molar-refractivity contribution in [2.75, 3.05) is 39.4 Å². The Morgan fingerprint density at radius 3 is 2.73 bits per heavy atom. The number of nitrogens with zero attached hydrogens (tertiary/aromatic N) is 1. The van der Waals surface area contributed by atoms with E-state index >= 15 is 0 Å². The fourth-order valence-electron chi connectivity index (χ4n) is 2.25. The van der Waals surface area contributed by atoms with Crippen LogP contribution < -0.4 is 10.1 Å². The smallest absolute Gasteiger partial charge is 0.260 e. The maximum atomic E-state index is 12.0. The highest BCUT2D eigenvalue weighted by Crippen LogP contribution is 2.16. The van der Waals surface area contributed by atoms with Gasteiger partial charge in [0.2, 0.25) is 0 Å². The molecule has 1 heterocycles. The Labute approximate surface area is 136 Å². The number of hydrogen-bond acceptors (Lipinski definition) is 4. The molecule has 122 valence electrons. The van der Waals surface area contributed by atoms with Gasteiger partial charge in [-0.05, 0) is 44.2 Å². The van der Waals surface area contributed by atoms with Gasteiger partial charge in [0.05, 0.1) is 13.2 Å². The summed E-state index contributed by atoms with van der Waals surface area (Å²) < 4.78 is 10.9. The molecule has 0 bridgehead atoms. The topological polar surface area (TPSA) is 50.8 Å². The average Bonchev–Trinajstić information content (AvgIpc) is 2.54. The van der Waals surface area contributed by atoms with Crippen LogP contribution in [0.2, 0.25) is 5.02 Å². The normalized spacial score (nSPS) is 17.0. The molecular formula is C16H23ClN2O3. The summed E-state index contributed by atoms with van der Waals surface area (Å²) in [6.07, 6.45) is 0.406. The SMILES string of the molecule is CC(Oc1ccc(Cl)cc1)C(=O)NCCCN1CCOCC1. The summed E-state index contributed by atoms with van der Waals surface area (Å²) in [5, 5.41) is 3.55. The zero-order valence-corrected chi connectivity index (χ0v) is 13.6. The lowest BCUT2D eigenvalue weighted by molar-refractivity contribution is -0.127. The second kappa shape index (κ2) is 8.98. The van der Waals surface area contributed by atoms with Crippen molar-refractivity contribution in [2.45, 2.75) is 19.4 Å². The van der Waals surface area contributed by atoms with E-state index in [-0.39, 0.29) is 5.91 Å². The molecule has 1 atom stereocenters. The van der Waals surface area contributed by atoms with E-state index in [1.54, 1.807) is 31.2 Å². The van der Waals surface area contributed by atoms with Gasteiger partial charge in [0.1, 0.15) is 5.75 Å². The van der Waals surface area contributed by atoms with E-state index in [1.807, 2.05) is 0 Å². The van der Waals surface area contributed by atoms with E-state index in [0.29, 0.717) is 17.3 Å². The predicted molar refractivity (Wildman–Crippen MR) is 86.4 cm³/mol. The van der Waals surface area contributed by atoms with E-state index in [2.05, 4.69) is 10.2 Å². The van der Waals surface area contributed by atoms with Gasteiger partial charge >= 0.3 is 0 Å². The van der Waals surface area contributed by atoms with Crippen LogP contribution in [-0.4, -0.2) is 56.3 Å². The molecule has 0 spiro atoms. The maximum Gasteiger partial charge on any atom is 0.260 e. The van der Waals surface area contributed by atoms with Crippen molar-refractivity contribution in [1.29, 1.82) is 0 Å². The third-order valence-electron chi connectivity index (χ3n) is 3.55. The molecule has 1 fully saturated rings. The standard InChI is InChI=1S/C16H23ClN2O3/c1-13(22-15-5-3-14(17)4-6-15)16(20)18-7-2-8-19-9-11-21-12-10-19/h3-6,13H,2,7-12H2,1H3,(H,18,20). The van der Waals surface area contributed by atoms with E-state index < -0.39 is 6.10 Å². The molecule has 1 aliphatic rings. The average molecular weight is 327 g/mol. The third-order valence-corrected chi connectivity index (χ3v) is 3.80. The van der Waals surface area contributed by atoms with Gasteiger partial charge in [0, 0.05) is 24.7 Å². The highest BCUT2D eigenvalue weighted by atomic mass is 35.5. The summed E-state index contributed by atoms with van der Waals surface area (Å²) in [6, 6.07) is 6.99. The molecule has 0 saturated carbocycles. The van der Waals surface area contributed by atoms with E-state index in [9.17, 15) is 4.79 Å². The van der Waals surface area contributed by atoms with Crippen molar-refractivity contribution < 1.29 is 14.3 Å². The minimum atomic E-state index is -0.524. The molecule has 6 heteroatoms. The first kappa shape index (κ1) is 17.1. The number of rotatable bonds is 7. The Hall–Kier alpha value is -1.30. The lowest BCUT2D eigenvalue weighted by atomic mass is 10.3. The molecule has 1 aliphatic heterocycles. The number of nitrogens with one attached hydrogen (secondary N) is 1. The second-order valence-corrected chi connectivity index (χ2v) is 5.75. The Morgan fingerprint density at radius 2 is 2.05 bits per heavy atom. The molecule has 1 aromatic carbocycles. The highest BCUT2D eigenvalue weighted by Gasteiger charge is 2.14. The van der Waals surface area contributed by atoms with E-state index in [4.69, 9.17) is 21.1 Å². The van der Waals surface area contributed by atoms with Gasteiger partial charge in [-0.15, -0.1) is 0 Å². The molecule has 1 N–H and O–H groups in total. The quantitative estimate of drug-likeness (QED) is 0.778. The minimum absolute atomic E-state index is 0.100. The van der Waals surface area contributed by atoms with Crippen molar-refractivity contribution in [3.8, 4) is 5.75 Å². The number of morpholine rings is 1. The van der Waals surface area contributed by atoms with Crippen LogP contribution in [0.1, 0.15) is 13.3 Å². The zero-order chi connectivity index (χ0) is 15.8. The Balaban J connectivity index is 1.62. The van der Waals surface area contributed by atoms with E-state index in [0.717, 1.165) is 39.3 Å². The summed E-state index contributed by atoms with van der Waals surface area (Å²) in [5.41, 5.74) is 0. The maximum absolute atomic E-state index is 12.0. The molecular weight excluding hydrogens is 304 g/mol. The number of amides is 1. The van der Waals surface area contributed by atoms with Crippen LogP contribution in [0, 0.1) is 0 Å². The molecule has 22 heavy (non-hydrogen) atoms. The number of halogens is 1. The monoisotopic (exact) mass is 326 g/mol. The summed E-state index contributed by atoms with van der Waals surface area (Å²) in [4.78, 5) is 14.3. The highest BCUT2D eigenvalue weighted by molar-refractivity contribution is 6.30. The van der Waals surface area contributed by atoms with E-state index in [1.165, 1.54) is 0 Å². The predicted octanol–water partition coefficient (Wildman–Crippen LogP) is 1.95. The van der Waals surface area contributed by atoms with Gasteiger partial charge in [-0.3, -0.25) is 9.69 Å². The van der Waals surface area contributed by atoms with Crippen LogP contribution in [0.5, 0.6) is 5.75 Å². The van der Waals surface area contributed by atoms with Crippen molar-refractivity contribution in [2.24, 2.45) is 0 Å². The molecule has 5 nitrogen and oxygen atoms in total. The third kappa shape index (κ3) is 5.83. The number of benzene rings is 1. The molecule has 1 amide bonds. The summed E-state index contributed by atoms with van der Waals surface area (Å²) in [5.74, 6) is 0.539. The van der Waals surface area contributed by atoms with Crippen LogP contribution in [0.15, 0.2) is 24.3 Å². The molecule has 2 rings (SSSR count). The fraction of sp³-hybridized carbons (Fsp3) is 0.562. The van der Waals surface area contributed by atoms with Crippen molar-refractivity contribution in [3.63, 3.8) is 0 Å². The number of carbonyl (C=O) groups is 1. The molecule has 0 radical (unpaired) electrons. The van der Waals surface area contributed by atoms with Gasteiger partial charge in [-0.2, -0.15) is 0 Å². The molecule has 0 aliphatic carbocycles. The van der Waals surface area contributed by atoms with Gasteiger partial charge in [-0.25, -0.2) is 0 Å². The number of ether oxygens (including phenoxy) is 2. The van der Waals surface area contributed by atoms with Crippen LogP contribution in [-0.2, 0) is 9.53 Å². The number of hydrogen-bond donors (Lipinski definition) is 1. The molecule has 1 aromatic rings. The first-order chi connectivity index (χ1) is 10.6. The van der Waals surface area contributed by atoms with Crippen LogP contribution in [0.25, 0.3) is 0 Å². The first-order valence-corrected chi connectivity index (χ1v) is 8.03. The second-order valence-electron chi connectivity index (χ2n) is 5.31. The molecule has 0 aromatic heterocycles. The first-order valence-electron chi connectivity index (χ1n) is 7.65. The van der Waals surface area contributed by atoms with Crippen molar-refractivity contribution in [1.82, 2.24) is 10.2 Å². The zero-order valence-electron chi connectivity index (χ0n) is 12.9. The summed E-state index contributed by atoms with van der Waals surface area (Å²) >= 11 is 5.81. The van der Waals surface area contributed by atoms with Crippen molar-refractivity contribution >= 4 is 17.5 Å². The van der Waals surface area contributed by atoms with Crippen LogP contribution >= 0.6 is 11.6 Å². The lowest BCUT2D eigenvalue weighted by Gasteiger charge is -2.26. The molecule has 1 saturated heterocycles. The molecule has 1 unspecified atom stereocenters. The van der Waals surface area contributed by atoms with Gasteiger partial charge < -0.3 is 14.8 Å². The summed E-state index contributed by atoms with van der Waals surface area (Å²) in [6.45, 7) is 6.94. The largest absolute Gasteiger partial charge is 0.481 e. The van der Waals surface area contributed by atoms with Gasteiger partial charge in [0.25, 0.3) is 5.91 Å². The van der Waals surface area contributed by atoms with Crippen LogP contribution in [0.3, 0.4) is 0 Å². The Morgan fingerprint density at radius 1 is 1.36 bits per heavy atom. The lowest BCUT2D eigenvalue weighted by Crippen LogP contribution is -2.40. The fourth-order valence-corrected chi connectivity index (χ4v) is 2.38.